The van der Waals surface area contributed by atoms with Crippen LogP contribution < -0.4 is 0 Å². The normalized spacial score (nSPS) is 25.8. The van der Waals surface area contributed by atoms with Crippen LogP contribution in [-0.2, 0) is 14.4 Å². The fourth-order valence-electron chi connectivity index (χ4n) is 6.86. The number of allylic oxidation sites excluding steroid dienone is 9. The molecule has 3 rings (SSSR count). The summed E-state index contributed by atoms with van der Waals surface area (Å²) in [6.45, 7) is 17.8. The summed E-state index contributed by atoms with van der Waals surface area (Å²) in [5.74, 6) is -3.36. The maximum Gasteiger partial charge on any atom is 0.184 e. The lowest BCUT2D eigenvalue weighted by Gasteiger charge is -2.60. The minimum atomic E-state index is -1.59. The van der Waals surface area contributed by atoms with Crippen LogP contribution in [0, 0.1) is 22.2 Å². The first-order valence-electron chi connectivity index (χ1n) is 15.6. The van der Waals surface area contributed by atoms with Crippen LogP contribution >= 0.6 is 0 Å². The fraction of sp³-hybridized carbons (Fsp3) is 0.500. The third-order valence-electron chi connectivity index (χ3n) is 9.82. The monoisotopic (exact) mass is 602 g/mol. The Hall–Kier alpha value is -3.67. The number of hydrogen-bond donors (Lipinski definition) is 3. The van der Waals surface area contributed by atoms with E-state index in [0.717, 1.165) is 30.1 Å². The van der Waals surface area contributed by atoms with Gasteiger partial charge in [-0.1, -0.05) is 60.4 Å². The van der Waals surface area contributed by atoms with Gasteiger partial charge in [-0.15, -0.1) is 0 Å². The number of Topliss-reactive ketones (excluding diaryl/α,β-unsaturated/α-hetero) is 3. The Kier molecular flexibility index (Phi) is 10.4. The summed E-state index contributed by atoms with van der Waals surface area (Å²) in [6, 6.07) is 3.65. The predicted octanol–water partition coefficient (Wildman–Crippen LogP) is 8.90. The number of carbonyl (C=O) groups excluding carboxylic acids is 3. The van der Waals surface area contributed by atoms with Gasteiger partial charge in [-0.05, 0) is 117 Å². The van der Waals surface area contributed by atoms with Gasteiger partial charge in [0, 0.05) is 5.56 Å². The van der Waals surface area contributed by atoms with Crippen LogP contribution in [0.25, 0.3) is 5.76 Å². The van der Waals surface area contributed by atoms with E-state index < -0.39 is 50.6 Å². The quantitative estimate of drug-likeness (QED) is 0.0616. The van der Waals surface area contributed by atoms with Gasteiger partial charge in [0.1, 0.15) is 16.7 Å². The van der Waals surface area contributed by atoms with Crippen molar-refractivity contribution >= 4 is 23.1 Å². The molecule has 0 unspecified atom stereocenters. The molecular weight excluding hydrogens is 552 g/mol. The van der Waals surface area contributed by atoms with Gasteiger partial charge in [-0.3, -0.25) is 14.4 Å². The van der Waals surface area contributed by atoms with Crippen molar-refractivity contribution in [3.8, 4) is 11.5 Å². The van der Waals surface area contributed by atoms with Gasteiger partial charge in [0.25, 0.3) is 0 Å². The Morgan fingerprint density at radius 3 is 1.98 bits per heavy atom. The number of rotatable bonds is 10. The lowest BCUT2D eigenvalue weighted by atomic mass is 9.38. The van der Waals surface area contributed by atoms with Crippen molar-refractivity contribution in [1.82, 2.24) is 0 Å². The van der Waals surface area contributed by atoms with Crippen LogP contribution in [0.2, 0.25) is 0 Å². The molecule has 44 heavy (non-hydrogen) atoms. The third kappa shape index (κ3) is 6.27. The van der Waals surface area contributed by atoms with E-state index >= 15 is 0 Å². The molecule has 0 aliphatic heterocycles. The van der Waals surface area contributed by atoms with Crippen LogP contribution in [0.15, 0.2) is 70.4 Å². The van der Waals surface area contributed by atoms with E-state index in [4.69, 9.17) is 0 Å². The topological polar surface area (TPSA) is 112 Å². The number of aliphatic hydroxyl groups excluding tert-OH is 1. The van der Waals surface area contributed by atoms with E-state index in [-0.39, 0.29) is 36.5 Å². The maximum absolute atomic E-state index is 14.9. The summed E-state index contributed by atoms with van der Waals surface area (Å²) in [7, 11) is 0. The van der Waals surface area contributed by atoms with Crippen LogP contribution in [0.1, 0.15) is 106 Å². The van der Waals surface area contributed by atoms with Crippen molar-refractivity contribution < 1.29 is 29.7 Å². The minimum Gasteiger partial charge on any atom is -0.506 e. The molecule has 0 saturated heterocycles. The van der Waals surface area contributed by atoms with Gasteiger partial charge < -0.3 is 15.3 Å². The van der Waals surface area contributed by atoms with Crippen LogP contribution in [0.3, 0.4) is 0 Å². The summed E-state index contributed by atoms with van der Waals surface area (Å²) in [5, 5.41) is 31.5. The average molecular weight is 603 g/mol. The van der Waals surface area contributed by atoms with Crippen molar-refractivity contribution in [2.45, 2.75) is 101 Å². The summed E-state index contributed by atoms with van der Waals surface area (Å²) >= 11 is 0. The van der Waals surface area contributed by atoms with Crippen LogP contribution in [-0.4, -0.2) is 32.7 Å². The van der Waals surface area contributed by atoms with Gasteiger partial charge in [0.15, 0.2) is 28.8 Å². The first-order chi connectivity index (χ1) is 20.4. The largest absolute Gasteiger partial charge is 0.506 e. The van der Waals surface area contributed by atoms with E-state index in [2.05, 4.69) is 32.9 Å². The van der Waals surface area contributed by atoms with Gasteiger partial charge >= 0.3 is 0 Å². The highest BCUT2D eigenvalue weighted by atomic mass is 16.3. The number of hydrogen-bond acceptors (Lipinski definition) is 6. The molecule has 6 nitrogen and oxygen atoms in total. The molecule has 238 valence electrons. The third-order valence-corrected chi connectivity index (χ3v) is 9.82. The number of ketones is 3. The van der Waals surface area contributed by atoms with Gasteiger partial charge in [0.05, 0.1) is 5.41 Å². The first-order valence-corrected chi connectivity index (χ1v) is 15.6. The molecular formula is C38H50O6. The number of phenols is 2. The predicted molar refractivity (Wildman–Crippen MR) is 176 cm³/mol. The molecule has 0 heterocycles. The van der Waals surface area contributed by atoms with E-state index in [1.54, 1.807) is 0 Å². The molecule has 0 radical (unpaired) electrons. The zero-order valence-electron chi connectivity index (χ0n) is 27.9. The SMILES string of the molecule is CC(C)=CCC/C(C)=C/C[C@@H]1C[C@]2(CC=C(C)C)C(=O)/C(=C(\O)c3ccc(O)c(O)c3)C(=O)[C@@](CC=C(C)C)(C2=O)C1(C)C. The molecule has 1 aromatic carbocycles. The number of aliphatic hydroxyl groups is 1. The van der Waals surface area contributed by atoms with Crippen LogP contribution in [0.4, 0.5) is 0 Å². The van der Waals surface area contributed by atoms with Crippen molar-refractivity contribution in [1.29, 1.82) is 0 Å². The highest BCUT2D eigenvalue weighted by Crippen LogP contribution is 2.65. The molecule has 0 spiro atoms. The molecule has 6 heteroatoms. The average Bonchev–Trinajstić information content (AvgIpc) is 2.92. The molecule has 3 N–H and O–H groups in total. The zero-order valence-corrected chi connectivity index (χ0v) is 27.9. The van der Waals surface area contributed by atoms with E-state index in [0.29, 0.717) is 6.42 Å². The molecule has 0 aromatic heterocycles. The molecule has 2 aliphatic carbocycles. The summed E-state index contributed by atoms with van der Waals surface area (Å²) in [5.41, 5.74) is 0.00501. The Balaban J connectivity index is 2.32. The number of phenolic OH excluding ortho intramolecular Hbond substituents is 2. The summed E-state index contributed by atoms with van der Waals surface area (Å²) < 4.78 is 0. The van der Waals surface area contributed by atoms with Gasteiger partial charge in [-0.25, -0.2) is 0 Å². The van der Waals surface area contributed by atoms with E-state index in [1.807, 2.05) is 53.7 Å². The minimum absolute atomic E-state index is 0.0171. The smallest absolute Gasteiger partial charge is 0.184 e. The summed E-state index contributed by atoms with van der Waals surface area (Å²) in [4.78, 5) is 44.3. The van der Waals surface area contributed by atoms with Crippen molar-refractivity contribution in [2.75, 3.05) is 0 Å². The second-order valence-corrected chi connectivity index (χ2v) is 14.1. The van der Waals surface area contributed by atoms with Gasteiger partial charge in [0.2, 0.25) is 0 Å². The zero-order chi connectivity index (χ0) is 33.2. The molecule has 3 atom stereocenters. The standard InChI is InChI=1S/C38H50O6/c1-23(2)11-10-12-26(7)13-15-28-22-37(19-17-24(3)4)33(42)31(32(41)27-14-16-29(39)30(40)21-27)34(43)38(35(37)44,36(28,8)9)20-18-25(5)6/h11,13-14,16-18,21,28,39-41H,10,12,15,19-20,22H2,1-9H3/b26-13+,32-31+/t28-,37-,38+/m1/s1. The Labute approximate surface area is 263 Å². The van der Waals surface area contributed by atoms with E-state index in [1.165, 1.54) is 23.3 Å². The molecule has 2 saturated carbocycles. The second-order valence-electron chi connectivity index (χ2n) is 14.1. The van der Waals surface area contributed by atoms with Gasteiger partial charge in [-0.2, -0.15) is 0 Å². The lowest BCUT2D eigenvalue weighted by Crippen LogP contribution is -2.69. The first kappa shape index (κ1) is 34.8. The highest BCUT2D eigenvalue weighted by Gasteiger charge is 2.73. The molecule has 2 aliphatic rings. The maximum atomic E-state index is 14.9. The summed E-state index contributed by atoms with van der Waals surface area (Å²) in [6.07, 6.45) is 11.1. The highest BCUT2D eigenvalue weighted by molar-refractivity contribution is 6.41. The molecule has 2 fully saturated rings. The Morgan fingerprint density at radius 1 is 0.818 bits per heavy atom. The molecule has 1 aromatic rings. The second kappa shape index (κ2) is 13.1. The van der Waals surface area contributed by atoms with E-state index in [9.17, 15) is 29.7 Å². The number of fused-ring (bicyclic) bond motifs is 2. The molecule has 0 amide bonds. The number of benzene rings is 1. The number of carbonyl (C=O) groups is 3. The van der Waals surface area contributed by atoms with Crippen molar-refractivity contribution in [3.05, 3.63) is 75.9 Å². The fourth-order valence-corrected chi connectivity index (χ4v) is 6.86. The van der Waals surface area contributed by atoms with Crippen molar-refractivity contribution in [2.24, 2.45) is 22.2 Å². The Morgan fingerprint density at radius 2 is 1.41 bits per heavy atom. The lowest BCUT2D eigenvalue weighted by molar-refractivity contribution is -0.176. The number of aromatic hydroxyl groups is 2. The molecule has 2 bridgehead atoms. The van der Waals surface area contributed by atoms with Crippen LogP contribution in [0.5, 0.6) is 11.5 Å². The Bertz CT molecular complexity index is 1480. The van der Waals surface area contributed by atoms with Crippen molar-refractivity contribution in [3.63, 3.8) is 0 Å².